The van der Waals surface area contributed by atoms with Crippen molar-refractivity contribution in [2.24, 2.45) is 0 Å². The van der Waals surface area contributed by atoms with Gasteiger partial charge in [-0.25, -0.2) is 0 Å². The van der Waals surface area contributed by atoms with Crippen LogP contribution in [0.1, 0.15) is 315 Å². The third-order valence-electron chi connectivity index (χ3n) is 13.0. The van der Waals surface area contributed by atoms with Crippen molar-refractivity contribution in [2.45, 2.75) is 315 Å². The van der Waals surface area contributed by atoms with Gasteiger partial charge in [0, 0.05) is 32.7 Å². The Morgan fingerprint density at radius 1 is 0.276 bits per heavy atom. The van der Waals surface area contributed by atoms with Crippen molar-refractivity contribution in [3.05, 3.63) is 0 Å². The van der Waals surface area contributed by atoms with Crippen LogP contribution in [0.25, 0.3) is 0 Å². The first-order valence-corrected chi connectivity index (χ1v) is 27.3. The largest absolute Gasteiger partial charge is 0.396 e. The highest BCUT2D eigenvalue weighted by molar-refractivity contribution is 5.76. The molecule has 0 aromatic carbocycles. The van der Waals surface area contributed by atoms with Crippen LogP contribution in [-0.2, 0) is 4.79 Å². The molecular formula is C54H109NO3. The second-order valence-electron chi connectivity index (χ2n) is 18.8. The van der Waals surface area contributed by atoms with E-state index >= 15 is 0 Å². The fraction of sp³-hybridized carbons (Fsp3) is 0.981. The maximum Gasteiger partial charge on any atom is 0.222 e. The lowest BCUT2D eigenvalue weighted by Crippen LogP contribution is -2.32. The Labute approximate surface area is 366 Å². The van der Waals surface area contributed by atoms with E-state index in [9.17, 15) is 4.79 Å². The Kier molecular flexibility index (Phi) is 52.0. The van der Waals surface area contributed by atoms with Crippen LogP contribution in [0.15, 0.2) is 0 Å². The molecule has 348 valence electrons. The second kappa shape index (κ2) is 52.5. The molecule has 4 heteroatoms. The number of aliphatic hydroxyl groups excluding tert-OH is 2. The number of hydrogen-bond acceptors (Lipinski definition) is 3. The van der Waals surface area contributed by atoms with E-state index in [1.54, 1.807) is 0 Å². The van der Waals surface area contributed by atoms with Crippen molar-refractivity contribution in [3.8, 4) is 0 Å². The highest BCUT2D eigenvalue weighted by Crippen LogP contribution is 2.18. The van der Waals surface area contributed by atoms with Crippen molar-refractivity contribution >= 4 is 5.91 Å². The molecule has 0 saturated heterocycles. The van der Waals surface area contributed by atoms with E-state index < -0.39 is 0 Å². The van der Waals surface area contributed by atoms with Gasteiger partial charge in [-0.15, -0.1) is 0 Å². The molecule has 0 rings (SSSR count). The topological polar surface area (TPSA) is 60.8 Å². The maximum atomic E-state index is 13.4. The van der Waals surface area contributed by atoms with Gasteiger partial charge in [-0.3, -0.25) is 4.79 Å². The molecule has 0 aromatic heterocycles. The van der Waals surface area contributed by atoms with Crippen LogP contribution in [0.2, 0.25) is 0 Å². The third kappa shape index (κ3) is 48.1. The van der Waals surface area contributed by atoms with Gasteiger partial charge in [-0.2, -0.15) is 0 Å². The van der Waals surface area contributed by atoms with Crippen molar-refractivity contribution in [1.29, 1.82) is 0 Å². The number of aliphatic hydroxyl groups is 2. The summed E-state index contributed by atoms with van der Waals surface area (Å²) in [5.41, 5.74) is 0. The van der Waals surface area contributed by atoms with Gasteiger partial charge in [0.1, 0.15) is 0 Å². The van der Waals surface area contributed by atoms with Gasteiger partial charge >= 0.3 is 0 Å². The summed E-state index contributed by atoms with van der Waals surface area (Å²) in [4.78, 5) is 15.7. The number of carbonyl (C=O) groups excluding carboxylic acids is 1. The maximum absolute atomic E-state index is 13.4. The van der Waals surface area contributed by atoms with Gasteiger partial charge in [0.05, 0.1) is 0 Å². The standard InChI is InChI=1S/C54H109NO3/c1-2-3-4-5-6-7-8-9-14-19-24-29-34-39-44-49-54(58)55(50-45-40-35-30-25-20-15-10-12-17-22-27-32-37-42-47-52-56)51-46-41-36-31-26-21-16-11-13-18-23-28-33-38-43-48-53-57/h56-57H,2-53H2,1H3. The van der Waals surface area contributed by atoms with Crippen LogP contribution in [0.5, 0.6) is 0 Å². The molecule has 4 nitrogen and oxygen atoms in total. The molecule has 0 unspecified atom stereocenters. The normalized spacial score (nSPS) is 11.6. The lowest BCUT2D eigenvalue weighted by Gasteiger charge is -2.23. The molecule has 0 atom stereocenters. The minimum absolute atomic E-state index is 0.357. The van der Waals surface area contributed by atoms with Crippen LogP contribution in [0.4, 0.5) is 0 Å². The molecule has 0 heterocycles. The van der Waals surface area contributed by atoms with E-state index in [4.69, 9.17) is 10.2 Å². The summed E-state index contributed by atoms with van der Waals surface area (Å²) in [6, 6.07) is 0. The number of carbonyl (C=O) groups is 1. The van der Waals surface area contributed by atoms with Gasteiger partial charge in [0.2, 0.25) is 5.91 Å². The molecule has 0 radical (unpaired) electrons. The Morgan fingerprint density at radius 3 is 0.690 bits per heavy atom. The minimum atomic E-state index is 0.357. The van der Waals surface area contributed by atoms with Gasteiger partial charge < -0.3 is 15.1 Å². The van der Waals surface area contributed by atoms with E-state index in [1.807, 2.05) is 0 Å². The summed E-state index contributed by atoms with van der Waals surface area (Å²) in [6.45, 7) is 4.99. The Bertz CT molecular complexity index is 706. The van der Waals surface area contributed by atoms with Gasteiger partial charge in [-0.05, 0) is 32.1 Å². The van der Waals surface area contributed by atoms with Crippen molar-refractivity contribution in [1.82, 2.24) is 4.90 Å². The number of amides is 1. The molecule has 1 amide bonds. The van der Waals surface area contributed by atoms with E-state index in [-0.39, 0.29) is 0 Å². The zero-order valence-electron chi connectivity index (χ0n) is 40.0. The van der Waals surface area contributed by atoms with Crippen LogP contribution in [-0.4, -0.2) is 47.3 Å². The van der Waals surface area contributed by atoms with Crippen molar-refractivity contribution in [3.63, 3.8) is 0 Å². The highest BCUT2D eigenvalue weighted by Gasteiger charge is 2.13. The Morgan fingerprint density at radius 2 is 0.466 bits per heavy atom. The number of nitrogens with zero attached hydrogens (tertiary/aromatic N) is 1. The summed E-state index contributed by atoms with van der Waals surface area (Å²) in [5.74, 6) is 0.443. The molecule has 58 heavy (non-hydrogen) atoms. The monoisotopic (exact) mass is 820 g/mol. The first kappa shape index (κ1) is 57.4. The highest BCUT2D eigenvalue weighted by atomic mass is 16.3. The number of hydrogen-bond donors (Lipinski definition) is 2. The molecule has 2 N–H and O–H groups in total. The first-order chi connectivity index (χ1) is 28.8. The number of rotatable bonds is 52. The quantitative estimate of drug-likeness (QED) is 0.0601. The molecular weight excluding hydrogens is 711 g/mol. The summed E-state index contributed by atoms with van der Waals surface area (Å²) in [7, 11) is 0. The fourth-order valence-electron chi connectivity index (χ4n) is 8.95. The summed E-state index contributed by atoms with van der Waals surface area (Å²) < 4.78 is 0. The lowest BCUT2D eigenvalue weighted by molar-refractivity contribution is -0.131. The van der Waals surface area contributed by atoms with Crippen LogP contribution in [0, 0.1) is 0 Å². The predicted molar refractivity (Wildman–Crippen MR) is 258 cm³/mol. The smallest absolute Gasteiger partial charge is 0.222 e. The lowest BCUT2D eigenvalue weighted by atomic mass is 10.0. The summed E-state index contributed by atoms with van der Waals surface area (Å²) >= 11 is 0. The molecule has 0 spiro atoms. The predicted octanol–water partition coefficient (Wildman–Crippen LogP) is 17.5. The Balaban J connectivity index is 4.08. The molecule has 0 aliphatic rings. The van der Waals surface area contributed by atoms with E-state index in [0.717, 1.165) is 38.8 Å². The van der Waals surface area contributed by atoms with Crippen molar-refractivity contribution in [2.75, 3.05) is 26.3 Å². The van der Waals surface area contributed by atoms with E-state index in [2.05, 4.69) is 11.8 Å². The Hall–Kier alpha value is -0.610. The third-order valence-corrected chi connectivity index (χ3v) is 13.0. The minimum Gasteiger partial charge on any atom is -0.396 e. The average Bonchev–Trinajstić information content (AvgIpc) is 3.23. The van der Waals surface area contributed by atoms with Crippen LogP contribution >= 0.6 is 0 Å². The second-order valence-corrected chi connectivity index (χ2v) is 18.8. The molecule has 0 aliphatic carbocycles. The average molecular weight is 820 g/mol. The van der Waals surface area contributed by atoms with E-state index in [0.29, 0.717) is 19.1 Å². The summed E-state index contributed by atoms with van der Waals surface area (Å²) in [5, 5.41) is 17.8. The number of unbranched alkanes of at least 4 members (excludes halogenated alkanes) is 44. The van der Waals surface area contributed by atoms with Gasteiger partial charge in [0.15, 0.2) is 0 Å². The first-order valence-electron chi connectivity index (χ1n) is 27.3. The molecule has 0 fully saturated rings. The molecule has 0 bridgehead atoms. The van der Waals surface area contributed by atoms with Crippen LogP contribution in [0.3, 0.4) is 0 Å². The zero-order valence-corrected chi connectivity index (χ0v) is 40.0. The van der Waals surface area contributed by atoms with Gasteiger partial charge in [0.25, 0.3) is 0 Å². The molecule has 0 aromatic rings. The summed E-state index contributed by atoms with van der Waals surface area (Å²) in [6.07, 6.45) is 63.8. The van der Waals surface area contributed by atoms with Crippen LogP contribution < -0.4 is 0 Å². The fourth-order valence-corrected chi connectivity index (χ4v) is 8.95. The SMILES string of the molecule is CCCCCCCCCCCCCCCCCC(=O)N(CCCCCCCCCCCCCCCCCCO)CCCCCCCCCCCCCCCCCCO. The zero-order chi connectivity index (χ0) is 41.9. The van der Waals surface area contributed by atoms with E-state index in [1.165, 1.54) is 283 Å². The molecule has 0 aliphatic heterocycles. The molecule has 0 saturated carbocycles. The van der Waals surface area contributed by atoms with Gasteiger partial charge in [-0.1, -0.05) is 277 Å². The van der Waals surface area contributed by atoms with Crippen molar-refractivity contribution < 1.29 is 15.0 Å².